The highest BCUT2D eigenvalue weighted by atomic mass is 32.2. The van der Waals surface area contributed by atoms with Crippen molar-refractivity contribution in [1.82, 2.24) is 4.72 Å². The van der Waals surface area contributed by atoms with Crippen LogP contribution < -0.4 is 15.2 Å². The van der Waals surface area contributed by atoms with Crippen molar-refractivity contribution >= 4 is 15.7 Å². The van der Waals surface area contributed by atoms with E-state index in [-0.39, 0.29) is 17.8 Å². The maximum Gasteiger partial charge on any atom is 0.214 e. The number of rotatable bonds is 9. The van der Waals surface area contributed by atoms with Gasteiger partial charge in [-0.2, -0.15) is 0 Å². The smallest absolute Gasteiger partial charge is 0.214 e. The summed E-state index contributed by atoms with van der Waals surface area (Å²) in [5.74, 6) is 0.473. The van der Waals surface area contributed by atoms with E-state index in [0.717, 1.165) is 25.7 Å². The molecule has 0 bridgehead atoms. The molecule has 0 spiro atoms. The summed E-state index contributed by atoms with van der Waals surface area (Å²) >= 11 is 0. The van der Waals surface area contributed by atoms with Crippen LogP contribution >= 0.6 is 0 Å². The Kier molecular flexibility index (Phi) is 5.11. The number of ether oxygens (including phenoxy) is 1. The summed E-state index contributed by atoms with van der Waals surface area (Å²) in [6, 6.07) is 7.07. The number of nitrogen functional groups attached to an aromatic ring is 1. The minimum absolute atomic E-state index is 0.0520. The van der Waals surface area contributed by atoms with Crippen molar-refractivity contribution < 1.29 is 13.2 Å². The second kappa shape index (κ2) is 6.66. The van der Waals surface area contributed by atoms with E-state index in [1.165, 1.54) is 0 Å². The van der Waals surface area contributed by atoms with Crippen LogP contribution in [-0.4, -0.2) is 27.3 Å². The maximum absolute atomic E-state index is 12.0. The quantitative estimate of drug-likeness (QED) is 0.685. The summed E-state index contributed by atoms with van der Waals surface area (Å²) < 4.78 is 32.1. The Hall–Kier alpha value is -1.27. The van der Waals surface area contributed by atoms with E-state index in [2.05, 4.69) is 11.6 Å². The van der Waals surface area contributed by atoms with Crippen LogP contribution in [-0.2, 0) is 10.0 Å². The fraction of sp³-hybridized carbons (Fsp3) is 0.600. The predicted octanol–water partition coefficient (Wildman–Crippen LogP) is 2.15. The molecule has 3 N–H and O–H groups in total. The van der Waals surface area contributed by atoms with Crippen molar-refractivity contribution in [1.29, 1.82) is 0 Å². The van der Waals surface area contributed by atoms with Gasteiger partial charge in [0.1, 0.15) is 12.4 Å². The van der Waals surface area contributed by atoms with Crippen molar-refractivity contribution in [3.63, 3.8) is 0 Å². The molecule has 1 saturated carbocycles. The van der Waals surface area contributed by atoms with Gasteiger partial charge in [0, 0.05) is 6.54 Å². The number of nitrogens with two attached hydrogens (primary N) is 1. The van der Waals surface area contributed by atoms with Crippen LogP contribution in [0.1, 0.15) is 32.6 Å². The van der Waals surface area contributed by atoms with E-state index in [9.17, 15) is 8.42 Å². The zero-order valence-corrected chi connectivity index (χ0v) is 13.3. The average molecular weight is 312 g/mol. The summed E-state index contributed by atoms with van der Waals surface area (Å²) in [6.45, 7) is 2.79. The van der Waals surface area contributed by atoms with Gasteiger partial charge in [0.05, 0.1) is 11.4 Å². The summed E-state index contributed by atoms with van der Waals surface area (Å²) in [7, 11) is -3.29. The molecule has 0 atom stereocenters. The fourth-order valence-electron chi connectivity index (χ4n) is 2.43. The van der Waals surface area contributed by atoms with Crippen molar-refractivity contribution in [2.75, 3.05) is 24.6 Å². The Morgan fingerprint density at radius 3 is 2.67 bits per heavy atom. The second-order valence-electron chi connectivity index (χ2n) is 5.78. The highest BCUT2D eigenvalue weighted by molar-refractivity contribution is 7.89. The molecule has 1 aromatic rings. The molecule has 0 amide bonds. The standard InChI is InChI=1S/C15H24N2O3S/c1-2-7-15(8-9-15)12-17-21(18,19)11-10-20-14-6-4-3-5-13(14)16/h3-6,17H,2,7-12,16H2,1H3. The van der Waals surface area contributed by atoms with Gasteiger partial charge in [-0.3, -0.25) is 0 Å². The third-order valence-electron chi connectivity index (χ3n) is 3.93. The van der Waals surface area contributed by atoms with Gasteiger partial charge in [-0.15, -0.1) is 0 Å². The van der Waals surface area contributed by atoms with Crippen LogP contribution in [0.5, 0.6) is 5.75 Å². The fourth-order valence-corrected chi connectivity index (χ4v) is 3.40. The minimum atomic E-state index is -3.29. The van der Waals surface area contributed by atoms with E-state index >= 15 is 0 Å². The van der Waals surface area contributed by atoms with Crippen molar-refractivity contribution in [3.05, 3.63) is 24.3 Å². The molecule has 0 aliphatic heterocycles. The van der Waals surface area contributed by atoms with Crippen LogP contribution in [0.15, 0.2) is 24.3 Å². The van der Waals surface area contributed by atoms with E-state index in [0.29, 0.717) is 18.0 Å². The molecule has 21 heavy (non-hydrogen) atoms. The van der Waals surface area contributed by atoms with Crippen LogP contribution in [0.25, 0.3) is 0 Å². The molecule has 2 rings (SSSR count). The number of hydrogen-bond donors (Lipinski definition) is 2. The molecule has 1 aliphatic rings. The number of benzene rings is 1. The third kappa shape index (κ3) is 4.89. The summed E-state index contributed by atoms with van der Waals surface area (Å²) in [6.07, 6.45) is 4.44. The highest BCUT2D eigenvalue weighted by Crippen LogP contribution is 2.49. The molecule has 6 heteroatoms. The average Bonchev–Trinajstić information content (AvgIpc) is 3.20. The van der Waals surface area contributed by atoms with Crippen molar-refractivity contribution in [2.45, 2.75) is 32.6 Å². The molecule has 0 radical (unpaired) electrons. The second-order valence-corrected chi connectivity index (χ2v) is 7.70. The van der Waals surface area contributed by atoms with Crippen molar-refractivity contribution in [2.24, 2.45) is 5.41 Å². The monoisotopic (exact) mass is 312 g/mol. The number of sulfonamides is 1. The lowest BCUT2D eigenvalue weighted by molar-refractivity contribution is 0.341. The first-order valence-corrected chi connectivity index (χ1v) is 9.06. The van der Waals surface area contributed by atoms with Gasteiger partial charge in [0.25, 0.3) is 0 Å². The Bertz CT molecular complexity index is 568. The van der Waals surface area contributed by atoms with E-state index < -0.39 is 10.0 Å². The maximum atomic E-state index is 12.0. The lowest BCUT2D eigenvalue weighted by atomic mass is 10.0. The van der Waals surface area contributed by atoms with Crippen LogP contribution in [0.4, 0.5) is 5.69 Å². The SMILES string of the molecule is CCCC1(CNS(=O)(=O)CCOc2ccccc2N)CC1. The van der Waals surface area contributed by atoms with Gasteiger partial charge in [-0.25, -0.2) is 13.1 Å². The molecule has 0 unspecified atom stereocenters. The van der Waals surface area contributed by atoms with Gasteiger partial charge in [-0.05, 0) is 36.8 Å². The topological polar surface area (TPSA) is 81.4 Å². The van der Waals surface area contributed by atoms with Gasteiger partial charge in [0.15, 0.2) is 0 Å². The Morgan fingerprint density at radius 2 is 2.05 bits per heavy atom. The van der Waals surface area contributed by atoms with Crippen LogP contribution in [0.2, 0.25) is 0 Å². The highest BCUT2D eigenvalue weighted by Gasteiger charge is 2.41. The Labute approximate surface area is 126 Å². The zero-order valence-electron chi connectivity index (χ0n) is 12.5. The number of hydrogen-bond acceptors (Lipinski definition) is 4. The molecule has 1 aromatic carbocycles. The summed E-state index contributed by atoms with van der Waals surface area (Å²) in [5.41, 5.74) is 6.47. The van der Waals surface area contributed by atoms with E-state index in [1.54, 1.807) is 18.2 Å². The molecule has 0 aromatic heterocycles. The van der Waals surface area contributed by atoms with Crippen LogP contribution in [0.3, 0.4) is 0 Å². The number of anilines is 1. The normalized spacial score (nSPS) is 16.6. The van der Waals surface area contributed by atoms with Crippen molar-refractivity contribution in [3.8, 4) is 5.75 Å². The Morgan fingerprint density at radius 1 is 1.33 bits per heavy atom. The number of nitrogens with one attached hydrogen (secondary N) is 1. The molecular weight excluding hydrogens is 288 g/mol. The van der Waals surface area contributed by atoms with Crippen LogP contribution in [0, 0.1) is 5.41 Å². The minimum Gasteiger partial charge on any atom is -0.490 e. The first-order valence-electron chi connectivity index (χ1n) is 7.41. The van der Waals surface area contributed by atoms with E-state index in [4.69, 9.17) is 10.5 Å². The first-order chi connectivity index (χ1) is 9.96. The first kappa shape index (κ1) is 16.1. The molecule has 0 heterocycles. The van der Waals surface area contributed by atoms with Gasteiger partial charge >= 0.3 is 0 Å². The summed E-state index contributed by atoms with van der Waals surface area (Å²) in [5, 5.41) is 0. The lowest BCUT2D eigenvalue weighted by Gasteiger charge is -2.15. The predicted molar refractivity (Wildman–Crippen MR) is 84.7 cm³/mol. The Balaban J connectivity index is 1.75. The van der Waals surface area contributed by atoms with Gasteiger partial charge in [-0.1, -0.05) is 25.5 Å². The molecule has 118 valence electrons. The van der Waals surface area contributed by atoms with Gasteiger partial charge in [0.2, 0.25) is 10.0 Å². The molecule has 1 aliphatic carbocycles. The molecular formula is C15H24N2O3S. The summed E-state index contributed by atoms with van der Waals surface area (Å²) in [4.78, 5) is 0. The third-order valence-corrected chi connectivity index (χ3v) is 5.22. The van der Waals surface area contributed by atoms with Gasteiger partial charge < -0.3 is 10.5 Å². The molecule has 5 nitrogen and oxygen atoms in total. The molecule has 1 fully saturated rings. The zero-order chi connectivity index (χ0) is 15.3. The largest absolute Gasteiger partial charge is 0.490 e. The number of para-hydroxylation sites is 2. The molecule has 0 saturated heterocycles. The van der Waals surface area contributed by atoms with E-state index in [1.807, 2.05) is 6.07 Å². The lowest BCUT2D eigenvalue weighted by Crippen LogP contribution is -2.33.